The first-order chi connectivity index (χ1) is 34.1. The lowest BCUT2D eigenvalue weighted by atomic mass is 9.52. The fraction of sp³-hybridized carbons (Fsp3) is 0.919. The van der Waals surface area contributed by atoms with Gasteiger partial charge in [0.1, 0.15) is 22.8 Å². The molecule has 0 aliphatic heterocycles. The molecule has 412 valence electrons. The number of Topliss-reactive ketones (excluding diaryl/α,β-unsaturated/α-hetero) is 4. The van der Waals surface area contributed by atoms with Crippen molar-refractivity contribution in [2.24, 2.45) is 22.8 Å². The third-order valence-electron chi connectivity index (χ3n) is 15.7. The number of unbranched alkanes of at least 4 members (excludes halogenated alkanes) is 40. The number of nitrogens with two attached hydrogens (primary N) is 2. The lowest BCUT2D eigenvalue weighted by Crippen LogP contribution is -2.74. The van der Waals surface area contributed by atoms with Crippen LogP contribution in [0.5, 0.6) is 0 Å². The molecule has 8 heteroatoms. The van der Waals surface area contributed by atoms with Gasteiger partial charge in [0.25, 0.3) is 0 Å². The Balaban J connectivity index is 6.55. The first-order valence-corrected chi connectivity index (χ1v) is 30.9. The van der Waals surface area contributed by atoms with Crippen molar-refractivity contribution >= 4 is 29.1 Å². The first kappa shape index (κ1) is 68.1. The standard InChI is InChI=1S/C62H118N2O6/c1-5-9-13-17-21-25-29-33-37-41-45-49-56(65)55(53-54-63)61(57(66)50-46-42-38-34-30-26-22-18-14-10-6-2,58(67)51-47-43-39-35-31-27-23-19-15-11-7-3)62(64,60(69)70)59(68)52-48-44-40-36-32-28-24-20-16-12-8-4/h55H,5-54,63-64H2,1-4H3,(H,69,70). The lowest BCUT2D eigenvalue weighted by Gasteiger charge is -2.47. The van der Waals surface area contributed by atoms with E-state index in [4.69, 9.17) is 11.5 Å². The minimum Gasteiger partial charge on any atom is -0.479 e. The molecule has 0 spiro atoms. The largest absolute Gasteiger partial charge is 0.479 e. The van der Waals surface area contributed by atoms with Gasteiger partial charge in [0, 0.05) is 31.6 Å². The molecular formula is C62H118N2O6. The van der Waals surface area contributed by atoms with Crippen molar-refractivity contribution in [2.45, 2.75) is 348 Å². The monoisotopic (exact) mass is 987 g/mol. The molecule has 0 aliphatic carbocycles. The Morgan fingerprint density at radius 3 is 0.786 bits per heavy atom. The van der Waals surface area contributed by atoms with Crippen LogP contribution in [0.3, 0.4) is 0 Å². The van der Waals surface area contributed by atoms with Gasteiger partial charge in [0.15, 0.2) is 11.3 Å². The lowest BCUT2D eigenvalue weighted by molar-refractivity contribution is -0.171. The van der Waals surface area contributed by atoms with Crippen molar-refractivity contribution in [3.05, 3.63) is 0 Å². The number of rotatable bonds is 57. The second kappa shape index (κ2) is 48.0. The Morgan fingerprint density at radius 1 is 0.343 bits per heavy atom. The van der Waals surface area contributed by atoms with Gasteiger partial charge < -0.3 is 16.6 Å². The number of carboxylic acid groups (broad SMARTS) is 1. The summed E-state index contributed by atoms with van der Waals surface area (Å²) in [6, 6.07) is 0. The Labute approximate surface area is 433 Å². The summed E-state index contributed by atoms with van der Waals surface area (Å²) in [5, 5.41) is 11.3. The Bertz CT molecular complexity index is 1230. The van der Waals surface area contributed by atoms with Crippen LogP contribution in [0.2, 0.25) is 0 Å². The number of carboxylic acids is 1. The predicted octanol–water partition coefficient (Wildman–Crippen LogP) is 17.8. The molecule has 8 nitrogen and oxygen atoms in total. The molecule has 0 heterocycles. The number of hydrogen-bond donors (Lipinski definition) is 3. The molecule has 2 atom stereocenters. The molecule has 0 saturated heterocycles. The van der Waals surface area contributed by atoms with Gasteiger partial charge in [-0.15, -0.1) is 0 Å². The molecule has 0 amide bonds. The van der Waals surface area contributed by atoms with E-state index in [1.54, 1.807) is 0 Å². The Morgan fingerprint density at radius 2 is 0.557 bits per heavy atom. The van der Waals surface area contributed by atoms with Crippen molar-refractivity contribution in [3.8, 4) is 0 Å². The fourth-order valence-electron chi connectivity index (χ4n) is 11.1. The van der Waals surface area contributed by atoms with Crippen LogP contribution in [0.1, 0.15) is 342 Å². The van der Waals surface area contributed by atoms with Gasteiger partial charge in [-0.2, -0.15) is 0 Å². The average Bonchev–Trinajstić information content (AvgIpc) is 3.35. The molecule has 70 heavy (non-hydrogen) atoms. The number of ketones is 4. The molecule has 0 bridgehead atoms. The zero-order valence-corrected chi connectivity index (χ0v) is 47.1. The molecule has 5 N–H and O–H groups in total. The third-order valence-corrected chi connectivity index (χ3v) is 15.7. The van der Waals surface area contributed by atoms with Gasteiger partial charge in [-0.25, -0.2) is 4.79 Å². The first-order valence-electron chi connectivity index (χ1n) is 30.9. The molecule has 0 aliphatic rings. The summed E-state index contributed by atoms with van der Waals surface area (Å²) in [6.07, 6.45) is 47.2. The Hall–Kier alpha value is -1.93. The Kier molecular flexibility index (Phi) is 46.7. The minimum atomic E-state index is -2.87. The molecule has 2 unspecified atom stereocenters. The maximum absolute atomic E-state index is 15.4. The molecule has 0 aromatic rings. The summed E-state index contributed by atoms with van der Waals surface area (Å²) in [7, 11) is 0. The molecule has 0 aromatic heterocycles. The molecular weight excluding hydrogens is 869 g/mol. The molecule has 0 rings (SSSR count). The zero-order chi connectivity index (χ0) is 51.8. The predicted molar refractivity (Wildman–Crippen MR) is 298 cm³/mol. The van der Waals surface area contributed by atoms with Crippen molar-refractivity contribution < 1.29 is 29.1 Å². The van der Waals surface area contributed by atoms with Crippen LogP contribution in [0.4, 0.5) is 0 Å². The summed E-state index contributed by atoms with van der Waals surface area (Å²) in [4.78, 5) is 74.2. The number of carbonyl (C=O) groups excluding carboxylic acids is 4. The van der Waals surface area contributed by atoms with E-state index in [0.29, 0.717) is 25.7 Å². The average molecular weight is 988 g/mol. The topological polar surface area (TPSA) is 158 Å². The highest BCUT2D eigenvalue weighted by Crippen LogP contribution is 2.47. The maximum atomic E-state index is 15.4. The summed E-state index contributed by atoms with van der Waals surface area (Å²) in [5.74, 6) is -5.48. The summed E-state index contributed by atoms with van der Waals surface area (Å²) in [6.45, 7) is 8.89. The smallest absolute Gasteiger partial charge is 0.333 e. The van der Waals surface area contributed by atoms with Crippen LogP contribution < -0.4 is 11.5 Å². The van der Waals surface area contributed by atoms with Gasteiger partial charge in [-0.1, -0.05) is 285 Å². The normalized spacial score (nSPS) is 13.1. The second-order valence-electron chi connectivity index (χ2n) is 21.9. The SMILES string of the molecule is CCCCCCCCCCCCCC(=O)C(CCN)C(C(=O)CCCCCCCCCCCCC)(C(=O)CCCCCCCCCCCCC)C(N)(C(=O)O)C(=O)CCCCCCCCCCCCC. The summed E-state index contributed by atoms with van der Waals surface area (Å²) >= 11 is 0. The number of aliphatic carboxylic acids is 1. The third kappa shape index (κ3) is 30.3. The van der Waals surface area contributed by atoms with E-state index >= 15 is 9.59 Å². The zero-order valence-electron chi connectivity index (χ0n) is 47.1. The molecule has 0 aromatic carbocycles. The van der Waals surface area contributed by atoms with Gasteiger partial charge in [-0.05, 0) is 38.6 Å². The highest BCUT2D eigenvalue weighted by molar-refractivity contribution is 6.23. The van der Waals surface area contributed by atoms with Gasteiger partial charge in [-0.3, -0.25) is 19.2 Å². The van der Waals surface area contributed by atoms with Crippen LogP contribution >= 0.6 is 0 Å². The quantitative estimate of drug-likeness (QED) is 0.0401. The van der Waals surface area contributed by atoms with Crippen LogP contribution in [-0.4, -0.2) is 46.3 Å². The van der Waals surface area contributed by atoms with Crippen molar-refractivity contribution in [2.75, 3.05) is 6.54 Å². The van der Waals surface area contributed by atoms with Crippen LogP contribution in [0.15, 0.2) is 0 Å². The van der Waals surface area contributed by atoms with Crippen molar-refractivity contribution in [1.82, 2.24) is 0 Å². The number of carbonyl (C=O) groups is 5. The van der Waals surface area contributed by atoms with Crippen molar-refractivity contribution in [1.29, 1.82) is 0 Å². The van der Waals surface area contributed by atoms with Crippen LogP contribution in [0.25, 0.3) is 0 Å². The van der Waals surface area contributed by atoms with Gasteiger partial charge >= 0.3 is 5.97 Å². The van der Waals surface area contributed by atoms with E-state index < -0.39 is 40.2 Å². The summed E-state index contributed by atoms with van der Waals surface area (Å²) in [5.41, 5.74) is 7.99. The molecule has 0 saturated carbocycles. The molecule has 0 fully saturated rings. The van der Waals surface area contributed by atoms with Gasteiger partial charge in [0.2, 0.25) is 0 Å². The minimum absolute atomic E-state index is 0.0314. The maximum Gasteiger partial charge on any atom is 0.333 e. The van der Waals surface area contributed by atoms with Crippen LogP contribution in [-0.2, 0) is 24.0 Å². The van der Waals surface area contributed by atoms with E-state index in [9.17, 15) is 19.5 Å². The van der Waals surface area contributed by atoms with Crippen molar-refractivity contribution in [3.63, 3.8) is 0 Å². The van der Waals surface area contributed by atoms with E-state index in [0.717, 1.165) is 103 Å². The van der Waals surface area contributed by atoms with E-state index in [1.165, 1.54) is 154 Å². The summed E-state index contributed by atoms with van der Waals surface area (Å²) < 4.78 is 0. The highest BCUT2D eigenvalue weighted by Gasteiger charge is 2.70. The van der Waals surface area contributed by atoms with E-state index in [2.05, 4.69) is 27.7 Å². The van der Waals surface area contributed by atoms with E-state index in [-0.39, 0.29) is 44.4 Å². The van der Waals surface area contributed by atoms with Crippen LogP contribution in [0, 0.1) is 11.3 Å². The molecule has 0 radical (unpaired) electrons. The fourth-order valence-corrected chi connectivity index (χ4v) is 11.1. The second-order valence-corrected chi connectivity index (χ2v) is 21.9. The van der Waals surface area contributed by atoms with Gasteiger partial charge in [0.05, 0.1) is 0 Å². The van der Waals surface area contributed by atoms with E-state index in [1.807, 2.05) is 0 Å². The highest BCUT2D eigenvalue weighted by atomic mass is 16.4. The number of hydrogen-bond acceptors (Lipinski definition) is 7.